The third-order valence-corrected chi connectivity index (χ3v) is 6.96. The van der Waals surface area contributed by atoms with Crippen LogP contribution in [0.15, 0.2) is 0 Å². The smallest absolute Gasteiger partial charge is 0.0329 e. The molecule has 0 saturated heterocycles. The van der Waals surface area contributed by atoms with Crippen LogP contribution in [0, 0.1) is 40.9 Å². The van der Waals surface area contributed by atoms with Gasteiger partial charge in [0.05, 0.1) is 0 Å². The van der Waals surface area contributed by atoms with Crippen molar-refractivity contribution in [1.82, 2.24) is 0 Å². The lowest BCUT2D eigenvalue weighted by atomic mass is 9.64. The highest BCUT2D eigenvalue weighted by Crippen LogP contribution is 2.42. The van der Waals surface area contributed by atoms with E-state index in [1.54, 1.807) is 0 Å². The van der Waals surface area contributed by atoms with Crippen molar-refractivity contribution >= 4 is 0 Å². The minimum absolute atomic E-state index is 0.465. The fourth-order valence-electron chi connectivity index (χ4n) is 3.34. The van der Waals surface area contributed by atoms with Gasteiger partial charge in [0.25, 0.3) is 0 Å². The van der Waals surface area contributed by atoms with Crippen LogP contribution in [0.2, 0.25) is 0 Å². The molecule has 1 unspecified atom stereocenters. The van der Waals surface area contributed by atoms with Crippen LogP contribution in [0.5, 0.6) is 0 Å². The highest BCUT2D eigenvalue weighted by atomic mass is 14.4. The molecule has 0 rings (SSSR count). The predicted molar refractivity (Wildman–Crippen MR) is 123 cm³/mol. The molecular formula is C25H58. The summed E-state index contributed by atoms with van der Waals surface area (Å²) in [6.45, 7) is 36.3. The van der Waals surface area contributed by atoms with E-state index in [4.69, 9.17) is 0 Å². The van der Waals surface area contributed by atoms with Gasteiger partial charge in [0.15, 0.2) is 0 Å². The van der Waals surface area contributed by atoms with Crippen LogP contribution in [0.25, 0.3) is 0 Å². The van der Waals surface area contributed by atoms with Gasteiger partial charge in [0, 0.05) is 0 Å². The van der Waals surface area contributed by atoms with Crippen molar-refractivity contribution in [3.05, 3.63) is 0 Å². The lowest BCUT2D eigenvalue weighted by molar-refractivity contribution is 0.0764. The van der Waals surface area contributed by atoms with Crippen LogP contribution in [-0.4, -0.2) is 0 Å². The maximum atomic E-state index is 2.48. The van der Waals surface area contributed by atoms with E-state index in [-0.39, 0.29) is 0 Å². The Kier molecular flexibility index (Phi) is 24.5. The molecule has 0 saturated carbocycles. The molecule has 0 spiro atoms. The molecule has 0 bridgehead atoms. The molecule has 0 amide bonds. The van der Waals surface area contributed by atoms with Gasteiger partial charge in [-0.1, -0.05) is 124 Å². The Bertz CT molecular complexity index is 240. The summed E-state index contributed by atoms with van der Waals surface area (Å²) < 4.78 is 0. The van der Waals surface area contributed by atoms with Gasteiger partial charge in [-0.05, 0) is 40.9 Å². The van der Waals surface area contributed by atoms with Gasteiger partial charge in [0.2, 0.25) is 0 Å². The first-order chi connectivity index (χ1) is 11.6. The normalized spacial score (nSPS) is 17.8. The van der Waals surface area contributed by atoms with E-state index in [2.05, 4.69) is 69.2 Å². The molecule has 0 aliphatic heterocycles. The average molecular weight is 359 g/mol. The molecule has 0 aliphatic carbocycles. The third kappa shape index (κ3) is 12.1. The first-order valence-corrected chi connectivity index (χ1v) is 11.6. The Morgan fingerprint density at radius 3 is 1.16 bits per heavy atom. The molecular weight excluding hydrogens is 300 g/mol. The van der Waals surface area contributed by atoms with E-state index in [9.17, 15) is 0 Å². The molecule has 0 aromatic rings. The summed E-state index contributed by atoms with van der Waals surface area (Å²) in [5, 5.41) is 0. The maximum Gasteiger partial charge on any atom is -0.0329 e. The molecule has 6 atom stereocenters. The summed E-state index contributed by atoms with van der Waals surface area (Å²) in [4.78, 5) is 0. The van der Waals surface area contributed by atoms with Crippen molar-refractivity contribution in [3.8, 4) is 0 Å². The maximum absolute atomic E-state index is 2.48. The Morgan fingerprint density at radius 2 is 0.880 bits per heavy atom. The van der Waals surface area contributed by atoms with Gasteiger partial charge in [-0.3, -0.25) is 0 Å². The second kappa shape index (κ2) is 18.8. The monoisotopic (exact) mass is 358 g/mol. The van der Waals surface area contributed by atoms with Gasteiger partial charge in [-0.15, -0.1) is 0 Å². The van der Waals surface area contributed by atoms with E-state index in [0.29, 0.717) is 5.41 Å². The van der Waals surface area contributed by atoms with Crippen LogP contribution in [-0.2, 0) is 0 Å². The summed E-state index contributed by atoms with van der Waals surface area (Å²) >= 11 is 0. The summed E-state index contributed by atoms with van der Waals surface area (Å²) in [5.41, 5.74) is 0.465. The molecule has 0 radical (unpaired) electrons. The van der Waals surface area contributed by atoms with E-state index >= 15 is 0 Å². The molecule has 0 fully saturated rings. The summed E-state index contributed by atoms with van der Waals surface area (Å²) in [7, 11) is 0. The van der Waals surface area contributed by atoms with E-state index in [0.717, 1.165) is 35.5 Å². The number of hydrogen-bond donors (Lipinski definition) is 0. The predicted octanol–water partition coefficient (Wildman–Crippen LogP) is 9.73. The molecule has 0 aromatic carbocycles. The fourth-order valence-corrected chi connectivity index (χ4v) is 3.34. The Hall–Kier alpha value is 0. The van der Waals surface area contributed by atoms with Crippen molar-refractivity contribution < 1.29 is 0 Å². The molecule has 25 heavy (non-hydrogen) atoms. The standard InChI is InChI=1S/C19H40.3C2H6/c1-11-13(3)14(4)15(5)16(6)17(7)18(8)19(9,10)12-2;3*1-2/h13-18H,11-12H2,1-10H3;3*1-2H3/t13-,14-,15-,16?,17-,18-;;;/m1.../s1. The van der Waals surface area contributed by atoms with Gasteiger partial charge < -0.3 is 0 Å². The van der Waals surface area contributed by atoms with Gasteiger partial charge in [-0.25, -0.2) is 0 Å². The van der Waals surface area contributed by atoms with Crippen molar-refractivity contribution in [3.63, 3.8) is 0 Å². The SMILES string of the molecule is CC.CC.CC.CC[C@@H](C)[C@@H](C)[C@@H](C)C(C)[C@@H](C)[C@@H](C)C(C)(C)CC. The minimum atomic E-state index is 0.465. The zero-order valence-corrected chi connectivity index (χ0v) is 21.4. The molecule has 0 nitrogen and oxygen atoms in total. The Labute approximate surface area is 165 Å². The van der Waals surface area contributed by atoms with Crippen LogP contribution < -0.4 is 0 Å². The second-order valence-electron chi connectivity index (χ2n) is 7.95. The van der Waals surface area contributed by atoms with Crippen molar-refractivity contribution in [2.75, 3.05) is 0 Å². The van der Waals surface area contributed by atoms with Crippen LogP contribution in [0.1, 0.15) is 124 Å². The topological polar surface area (TPSA) is 0 Å². The fraction of sp³-hybridized carbons (Fsp3) is 1.00. The number of hydrogen-bond acceptors (Lipinski definition) is 0. The van der Waals surface area contributed by atoms with E-state index in [1.807, 2.05) is 41.5 Å². The van der Waals surface area contributed by atoms with Crippen LogP contribution >= 0.6 is 0 Å². The molecule has 0 heterocycles. The first kappa shape index (κ1) is 32.7. The number of rotatable bonds is 8. The van der Waals surface area contributed by atoms with Crippen molar-refractivity contribution in [1.29, 1.82) is 0 Å². The molecule has 0 heteroatoms. The zero-order valence-electron chi connectivity index (χ0n) is 21.4. The minimum Gasteiger partial charge on any atom is -0.0683 e. The summed E-state index contributed by atoms with van der Waals surface area (Å²) in [5.74, 6) is 4.90. The van der Waals surface area contributed by atoms with Gasteiger partial charge in [-0.2, -0.15) is 0 Å². The first-order valence-electron chi connectivity index (χ1n) is 11.6. The van der Waals surface area contributed by atoms with E-state index in [1.165, 1.54) is 12.8 Å². The molecule has 0 aliphatic rings. The van der Waals surface area contributed by atoms with E-state index < -0.39 is 0 Å². The van der Waals surface area contributed by atoms with Crippen LogP contribution in [0.3, 0.4) is 0 Å². The highest BCUT2D eigenvalue weighted by molar-refractivity contribution is 4.83. The zero-order chi connectivity index (χ0) is 21.4. The lowest BCUT2D eigenvalue weighted by Gasteiger charge is -2.41. The van der Waals surface area contributed by atoms with Gasteiger partial charge >= 0.3 is 0 Å². The van der Waals surface area contributed by atoms with Gasteiger partial charge in [0.1, 0.15) is 0 Å². The summed E-state index contributed by atoms with van der Waals surface area (Å²) in [6.07, 6.45) is 2.59. The average Bonchev–Trinajstić information content (AvgIpc) is 2.68. The second-order valence-corrected chi connectivity index (χ2v) is 7.95. The van der Waals surface area contributed by atoms with Crippen LogP contribution in [0.4, 0.5) is 0 Å². The largest absolute Gasteiger partial charge is 0.0683 e. The Balaban J connectivity index is -0.000000329. The molecule has 0 N–H and O–H groups in total. The lowest BCUT2D eigenvalue weighted by Crippen LogP contribution is -2.34. The third-order valence-electron chi connectivity index (χ3n) is 6.96. The quantitative estimate of drug-likeness (QED) is 0.405. The molecule has 0 aromatic heterocycles. The van der Waals surface area contributed by atoms with Crippen molar-refractivity contribution in [2.45, 2.75) is 124 Å². The highest BCUT2D eigenvalue weighted by Gasteiger charge is 2.34. The molecule has 158 valence electrons. The van der Waals surface area contributed by atoms with Crippen molar-refractivity contribution in [2.24, 2.45) is 40.9 Å². The summed E-state index contributed by atoms with van der Waals surface area (Å²) in [6, 6.07) is 0. The Morgan fingerprint density at radius 1 is 0.560 bits per heavy atom.